The Hall–Kier alpha value is -1.29. The van der Waals surface area contributed by atoms with Crippen molar-refractivity contribution in [2.45, 2.75) is 19.4 Å². The van der Waals surface area contributed by atoms with E-state index in [1.807, 2.05) is 0 Å². The maximum absolute atomic E-state index is 10.3. The van der Waals surface area contributed by atoms with E-state index in [1.165, 1.54) is 0 Å². The first-order chi connectivity index (χ1) is 5.59. The second kappa shape index (κ2) is 3.40. The molecule has 1 rings (SSSR count). The number of hydrogen-bond donors (Lipinski definition) is 1. The number of furan rings is 1. The van der Waals surface area contributed by atoms with Crippen molar-refractivity contribution in [3.8, 4) is 0 Å². The normalized spacial score (nSPS) is 12.8. The summed E-state index contributed by atoms with van der Waals surface area (Å²) < 4.78 is 5.17. The van der Waals surface area contributed by atoms with Crippen LogP contribution < -0.4 is 10.8 Å². The zero-order valence-electron chi connectivity index (χ0n) is 6.87. The zero-order chi connectivity index (χ0) is 9.14. The SMILES string of the molecule is Cc1ccc(C[C@@H]([NH3+])C(=O)[O-])o1. The topological polar surface area (TPSA) is 80.9 Å². The minimum atomic E-state index is -1.15. The number of carboxylic acids is 1. The fraction of sp³-hybridized carbons (Fsp3) is 0.375. The summed E-state index contributed by atoms with van der Waals surface area (Å²) in [4.78, 5) is 10.3. The summed E-state index contributed by atoms with van der Waals surface area (Å²) >= 11 is 0. The molecule has 0 bridgehead atoms. The van der Waals surface area contributed by atoms with E-state index in [1.54, 1.807) is 19.1 Å². The van der Waals surface area contributed by atoms with Crippen LogP contribution in [0, 0.1) is 6.92 Å². The molecule has 0 fully saturated rings. The molecule has 1 aromatic rings. The number of carbonyl (C=O) groups is 1. The first-order valence-corrected chi connectivity index (χ1v) is 3.69. The monoisotopic (exact) mass is 169 g/mol. The van der Waals surface area contributed by atoms with Crippen molar-refractivity contribution in [3.05, 3.63) is 23.7 Å². The Morgan fingerprint density at radius 3 is 2.83 bits per heavy atom. The Morgan fingerprint density at radius 1 is 1.75 bits per heavy atom. The molecule has 0 spiro atoms. The molecular weight excluding hydrogens is 158 g/mol. The average Bonchev–Trinajstić information content (AvgIpc) is 2.35. The van der Waals surface area contributed by atoms with Gasteiger partial charge in [-0.05, 0) is 19.1 Å². The highest BCUT2D eigenvalue weighted by molar-refractivity contribution is 5.69. The van der Waals surface area contributed by atoms with Gasteiger partial charge in [0.05, 0.1) is 12.4 Å². The molecule has 0 unspecified atom stereocenters. The Labute approximate surface area is 70.0 Å². The Balaban J connectivity index is 2.58. The molecule has 1 aromatic heterocycles. The highest BCUT2D eigenvalue weighted by atomic mass is 16.4. The molecule has 0 aliphatic rings. The molecule has 1 atom stereocenters. The van der Waals surface area contributed by atoms with Gasteiger partial charge in [0, 0.05) is 0 Å². The maximum atomic E-state index is 10.3. The van der Waals surface area contributed by atoms with Gasteiger partial charge in [-0.1, -0.05) is 0 Å². The molecule has 0 saturated carbocycles. The molecule has 0 amide bonds. The van der Waals surface area contributed by atoms with Crippen LogP contribution >= 0.6 is 0 Å². The van der Waals surface area contributed by atoms with Crippen molar-refractivity contribution >= 4 is 5.97 Å². The summed E-state index contributed by atoms with van der Waals surface area (Å²) in [5, 5.41) is 10.3. The third-order valence-electron chi connectivity index (χ3n) is 1.58. The average molecular weight is 169 g/mol. The molecule has 0 aromatic carbocycles. The third kappa shape index (κ3) is 2.10. The zero-order valence-corrected chi connectivity index (χ0v) is 6.87. The van der Waals surface area contributed by atoms with Crippen LogP contribution in [0.15, 0.2) is 16.5 Å². The van der Waals surface area contributed by atoms with Gasteiger partial charge in [-0.3, -0.25) is 0 Å². The van der Waals surface area contributed by atoms with Gasteiger partial charge in [-0.2, -0.15) is 0 Å². The quantitative estimate of drug-likeness (QED) is 0.597. The van der Waals surface area contributed by atoms with Crippen LogP contribution in [0.5, 0.6) is 0 Å². The van der Waals surface area contributed by atoms with Gasteiger partial charge in [-0.25, -0.2) is 0 Å². The lowest BCUT2D eigenvalue weighted by atomic mass is 10.2. The van der Waals surface area contributed by atoms with Crippen LogP contribution in [0.4, 0.5) is 0 Å². The molecule has 4 nitrogen and oxygen atoms in total. The van der Waals surface area contributed by atoms with E-state index in [2.05, 4.69) is 5.73 Å². The van der Waals surface area contributed by atoms with Gasteiger partial charge in [-0.15, -0.1) is 0 Å². The highest BCUT2D eigenvalue weighted by Crippen LogP contribution is 2.07. The predicted octanol–water partition coefficient (Wildman–Crippen LogP) is -1.51. The summed E-state index contributed by atoms with van der Waals surface area (Å²) in [5.41, 5.74) is 3.42. The minimum absolute atomic E-state index is 0.288. The van der Waals surface area contributed by atoms with Crippen molar-refractivity contribution < 1.29 is 20.1 Å². The van der Waals surface area contributed by atoms with Crippen LogP contribution in [-0.4, -0.2) is 12.0 Å². The second-order valence-corrected chi connectivity index (χ2v) is 2.73. The lowest BCUT2D eigenvalue weighted by molar-refractivity contribution is -0.437. The van der Waals surface area contributed by atoms with Gasteiger partial charge in [0.1, 0.15) is 17.6 Å². The van der Waals surface area contributed by atoms with E-state index < -0.39 is 12.0 Å². The molecule has 0 aliphatic heterocycles. The number of carbonyl (C=O) groups excluding carboxylic acids is 1. The van der Waals surface area contributed by atoms with Crippen LogP contribution in [0.2, 0.25) is 0 Å². The van der Waals surface area contributed by atoms with Gasteiger partial charge in [0.25, 0.3) is 0 Å². The Bertz CT molecular complexity index is 280. The number of rotatable bonds is 3. The maximum Gasteiger partial charge on any atom is 0.132 e. The van der Waals surface area contributed by atoms with E-state index >= 15 is 0 Å². The Morgan fingerprint density at radius 2 is 2.42 bits per heavy atom. The summed E-state index contributed by atoms with van der Waals surface area (Å²) in [7, 11) is 0. The van der Waals surface area contributed by atoms with E-state index in [-0.39, 0.29) is 6.42 Å². The van der Waals surface area contributed by atoms with Crippen LogP contribution in [0.25, 0.3) is 0 Å². The fourth-order valence-electron chi connectivity index (χ4n) is 0.921. The third-order valence-corrected chi connectivity index (χ3v) is 1.58. The number of aryl methyl sites for hydroxylation is 1. The van der Waals surface area contributed by atoms with Gasteiger partial charge < -0.3 is 20.1 Å². The van der Waals surface area contributed by atoms with Crippen molar-refractivity contribution in [2.24, 2.45) is 0 Å². The molecule has 0 saturated heterocycles. The fourth-order valence-corrected chi connectivity index (χ4v) is 0.921. The van der Waals surface area contributed by atoms with Crippen molar-refractivity contribution in [1.29, 1.82) is 0 Å². The summed E-state index contributed by atoms with van der Waals surface area (Å²) in [6.45, 7) is 1.81. The van der Waals surface area contributed by atoms with E-state index in [9.17, 15) is 9.90 Å². The van der Waals surface area contributed by atoms with Crippen LogP contribution in [0.3, 0.4) is 0 Å². The number of carboxylic acid groups (broad SMARTS) is 1. The highest BCUT2D eigenvalue weighted by Gasteiger charge is 2.10. The van der Waals surface area contributed by atoms with E-state index in [0.717, 1.165) is 5.76 Å². The first kappa shape index (κ1) is 8.80. The van der Waals surface area contributed by atoms with Gasteiger partial charge >= 0.3 is 0 Å². The predicted molar refractivity (Wildman–Crippen MR) is 38.8 cm³/mol. The molecule has 4 heteroatoms. The van der Waals surface area contributed by atoms with Gasteiger partial charge in [0.2, 0.25) is 0 Å². The molecule has 3 N–H and O–H groups in total. The number of quaternary nitrogens is 1. The number of aliphatic carboxylic acids is 1. The standard InChI is InChI=1S/C8H11NO3/c1-5-2-3-6(12-5)4-7(9)8(10)11/h2-3,7H,4,9H2,1H3,(H,10,11)/t7-/m1/s1. The summed E-state index contributed by atoms with van der Waals surface area (Å²) in [6.07, 6.45) is 0.288. The lowest BCUT2D eigenvalue weighted by Gasteiger charge is -2.06. The Kier molecular flexibility index (Phi) is 2.50. The van der Waals surface area contributed by atoms with Crippen LogP contribution in [0.1, 0.15) is 11.5 Å². The summed E-state index contributed by atoms with van der Waals surface area (Å²) in [6, 6.07) is 2.80. The molecule has 66 valence electrons. The van der Waals surface area contributed by atoms with Crippen molar-refractivity contribution in [2.75, 3.05) is 0 Å². The molecule has 0 radical (unpaired) electrons. The van der Waals surface area contributed by atoms with Crippen LogP contribution in [-0.2, 0) is 11.2 Å². The second-order valence-electron chi connectivity index (χ2n) is 2.73. The molecular formula is C8H11NO3. The lowest BCUT2D eigenvalue weighted by Crippen LogP contribution is -2.69. The molecule has 12 heavy (non-hydrogen) atoms. The minimum Gasteiger partial charge on any atom is -0.544 e. The first-order valence-electron chi connectivity index (χ1n) is 3.69. The van der Waals surface area contributed by atoms with Crippen molar-refractivity contribution in [1.82, 2.24) is 0 Å². The van der Waals surface area contributed by atoms with Gasteiger partial charge in [0.15, 0.2) is 0 Å². The largest absolute Gasteiger partial charge is 0.544 e. The smallest absolute Gasteiger partial charge is 0.132 e. The summed E-state index contributed by atoms with van der Waals surface area (Å²) in [5.74, 6) is 0.260. The molecule has 1 heterocycles. The number of hydrogen-bond acceptors (Lipinski definition) is 3. The van der Waals surface area contributed by atoms with E-state index in [0.29, 0.717) is 5.76 Å². The van der Waals surface area contributed by atoms with E-state index in [4.69, 9.17) is 4.42 Å². The molecule has 0 aliphatic carbocycles. The van der Waals surface area contributed by atoms with Crippen molar-refractivity contribution in [3.63, 3.8) is 0 Å².